The van der Waals surface area contributed by atoms with E-state index in [0.29, 0.717) is 5.41 Å². The van der Waals surface area contributed by atoms with E-state index in [2.05, 4.69) is 62.1 Å². The molecule has 0 spiro atoms. The van der Waals surface area contributed by atoms with E-state index in [0.717, 1.165) is 44.1 Å². The Bertz CT molecular complexity index is 986. The van der Waals surface area contributed by atoms with Crippen molar-refractivity contribution >= 4 is 16.7 Å². The Labute approximate surface area is 185 Å². The molecule has 1 heterocycles. The monoisotopic (exact) mass is 421 g/mol. The number of carboxylic acid groups (broad SMARTS) is 1. The minimum atomic E-state index is -0.647. The summed E-state index contributed by atoms with van der Waals surface area (Å²) in [6.07, 6.45) is 5.71. The van der Waals surface area contributed by atoms with Crippen molar-refractivity contribution in [2.45, 2.75) is 65.5 Å². The van der Waals surface area contributed by atoms with Crippen molar-refractivity contribution in [2.75, 3.05) is 13.1 Å². The van der Waals surface area contributed by atoms with Crippen LogP contribution in [-0.2, 0) is 11.3 Å². The third-order valence-corrected chi connectivity index (χ3v) is 8.61. The quantitative estimate of drug-likeness (QED) is 0.670. The molecular formula is C27H35NO3. The Morgan fingerprint density at radius 1 is 1.06 bits per heavy atom. The zero-order valence-corrected chi connectivity index (χ0v) is 19.1. The third kappa shape index (κ3) is 3.73. The second kappa shape index (κ2) is 7.51. The first-order valence-corrected chi connectivity index (χ1v) is 11.9. The van der Waals surface area contributed by atoms with Crippen LogP contribution in [0.15, 0.2) is 36.4 Å². The van der Waals surface area contributed by atoms with Crippen molar-refractivity contribution in [2.24, 2.45) is 22.7 Å². The zero-order chi connectivity index (χ0) is 21.8. The van der Waals surface area contributed by atoms with Crippen molar-refractivity contribution < 1.29 is 14.6 Å². The number of carboxylic acids is 1. The van der Waals surface area contributed by atoms with E-state index < -0.39 is 5.97 Å². The first-order valence-electron chi connectivity index (χ1n) is 11.9. The van der Waals surface area contributed by atoms with Crippen LogP contribution in [0.3, 0.4) is 0 Å². The zero-order valence-electron chi connectivity index (χ0n) is 19.1. The minimum absolute atomic E-state index is 0.173. The SMILES string of the molecule is CC12CCC(C1)C(C)(C)C2Oc1ccc2cc(CN3CCC(C(=O)O)CC3)ccc2c1. The molecule has 0 radical (unpaired) electrons. The lowest BCUT2D eigenvalue weighted by Crippen LogP contribution is -2.44. The van der Waals surface area contributed by atoms with E-state index in [1.54, 1.807) is 0 Å². The van der Waals surface area contributed by atoms with Gasteiger partial charge in [-0.1, -0.05) is 39.0 Å². The lowest BCUT2D eigenvalue weighted by atomic mass is 9.70. The average molecular weight is 422 g/mol. The first kappa shape index (κ1) is 20.8. The highest BCUT2D eigenvalue weighted by molar-refractivity contribution is 5.84. The molecule has 1 saturated heterocycles. The predicted molar refractivity (Wildman–Crippen MR) is 123 cm³/mol. The maximum atomic E-state index is 11.2. The fourth-order valence-electron chi connectivity index (χ4n) is 6.73. The van der Waals surface area contributed by atoms with Crippen LogP contribution in [0.5, 0.6) is 5.75 Å². The molecule has 0 amide bonds. The van der Waals surface area contributed by atoms with Gasteiger partial charge in [0.25, 0.3) is 0 Å². The third-order valence-electron chi connectivity index (χ3n) is 8.61. The molecular weight excluding hydrogens is 386 g/mol. The molecule has 0 aromatic heterocycles. The van der Waals surface area contributed by atoms with Crippen LogP contribution in [0.4, 0.5) is 0 Å². The number of aliphatic carboxylic acids is 1. The second-order valence-electron chi connectivity index (χ2n) is 11.1. The number of hydrogen-bond acceptors (Lipinski definition) is 3. The molecule has 2 saturated carbocycles. The van der Waals surface area contributed by atoms with Gasteiger partial charge in [0.1, 0.15) is 11.9 Å². The molecule has 4 heteroatoms. The summed E-state index contributed by atoms with van der Waals surface area (Å²) in [5.74, 6) is 0.953. The van der Waals surface area contributed by atoms with Crippen molar-refractivity contribution in [1.82, 2.24) is 4.90 Å². The average Bonchev–Trinajstić information content (AvgIpc) is 3.22. The topological polar surface area (TPSA) is 49.8 Å². The number of hydrogen-bond donors (Lipinski definition) is 1. The lowest BCUT2D eigenvalue weighted by Gasteiger charge is -2.42. The van der Waals surface area contributed by atoms with Crippen molar-refractivity contribution in [3.05, 3.63) is 42.0 Å². The van der Waals surface area contributed by atoms with E-state index in [1.165, 1.54) is 35.6 Å². The first-order chi connectivity index (χ1) is 14.7. The van der Waals surface area contributed by atoms with Crippen LogP contribution >= 0.6 is 0 Å². The predicted octanol–water partition coefficient (Wildman–Crippen LogP) is 5.73. The molecule has 3 atom stereocenters. The van der Waals surface area contributed by atoms with Gasteiger partial charge in [-0.05, 0) is 85.6 Å². The van der Waals surface area contributed by atoms with Crippen molar-refractivity contribution in [3.8, 4) is 5.75 Å². The van der Waals surface area contributed by atoms with Gasteiger partial charge in [-0.2, -0.15) is 0 Å². The van der Waals surface area contributed by atoms with E-state index in [4.69, 9.17) is 4.74 Å². The van der Waals surface area contributed by atoms with Crippen molar-refractivity contribution in [1.29, 1.82) is 0 Å². The standard InChI is InChI=1S/C27H35NO3/c1-26(2)22-8-11-27(3,16-22)25(26)31-23-7-6-20-14-18(4-5-21(20)15-23)17-28-12-9-19(10-13-28)24(29)30/h4-7,14-15,19,22,25H,8-13,16-17H2,1-3H3,(H,29,30). The van der Waals surface area contributed by atoms with Gasteiger partial charge in [-0.15, -0.1) is 0 Å². The molecule has 31 heavy (non-hydrogen) atoms. The summed E-state index contributed by atoms with van der Waals surface area (Å²) >= 11 is 0. The smallest absolute Gasteiger partial charge is 0.306 e. The Kier molecular flexibility index (Phi) is 5.04. The maximum Gasteiger partial charge on any atom is 0.306 e. The van der Waals surface area contributed by atoms with Crippen LogP contribution in [0, 0.1) is 22.7 Å². The highest BCUT2D eigenvalue weighted by Crippen LogP contribution is 2.63. The summed E-state index contributed by atoms with van der Waals surface area (Å²) in [6.45, 7) is 9.80. The number of ether oxygens (including phenoxy) is 1. The van der Waals surface area contributed by atoms with Gasteiger partial charge in [-0.3, -0.25) is 9.69 Å². The maximum absolute atomic E-state index is 11.2. The summed E-state index contributed by atoms with van der Waals surface area (Å²) < 4.78 is 6.66. The van der Waals surface area contributed by atoms with Gasteiger partial charge in [0.2, 0.25) is 0 Å². The van der Waals surface area contributed by atoms with Crippen LogP contribution in [0.2, 0.25) is 0 Å². The molecule has 2 aliphatic carbocycles. The Morgan fingerprint density at radius 3 is 2.45 bits per heavy atom. The highest BCUT2D eigenvalue weighted by atomic mass is 16.5. The van der Waals surface area contributed by atoms with Gasteiger partial charge in [0.15, 0.2) is 0 Å². The molecule has 2 bridgehead atoms. The fraction of sp³-hybridized carbons (Fsp3) is 0.593. The van der Waals surface area contributed by atoms with Gasteiger partial charge >= 0.3 is 5.97 Å². The molecule has 4 nitrogen and oxygen atoms in total. The molecule has 166 valence electrons. The van der Waals surface area contributed by atoms with E-state index in [9.17, 15) is 9.90 Å². The molecule has 3 aliphatic rings. The summed E-state index contributed by atoms with van der Waals surface area (Å²) in [5.41, 5.74) is 1.83. The summed E-state index contributed by atoms with van der Waals surface area (Å²) in [5, 5.41) is 11.6. The number of piperidine rings is 1. The molecule has 2 aromatic carbocycles. The van der Waals surface area contributed by atoms with Gasteiger partial charge in [0, 0.05) is 17.4 Å². The molecule has 1 N–H and O–H groups in total. The molecule has 3 fully saturated rings. The van der Waals surface area contributed by atoms with E-state index in [-0.39, 0.29) is 17.4 Å². The summed E-state index contributed by atoms with van der Waals surface area (Å²) in [7, 11) is 0. The summed E-state index contributed by atoms with van der Waals surface area (Å²) in [4.78, 5) is 13.5. The number of nitrogens with zero attached hydrogens (tertiary/aromatic N) is 1. The number of likely N-dealkylation sites (tertiary alicyclic amines) is 1. The normalized spacial score (nSPS) is 30.7. The molecule has 2 aromatic rings. The minimum Gasteiger partial charge on any atom is -0.489 e. The molecule has 3 unspecified atom stereocenters. The van der Waals surface area contributed by atoms with Crippen molar-refractivity contribution in [3.63, 3.8) is 0 Å². The van der Waals surface area contributed by atoms with E-state index in [1.807, 2.05) is 0 Å². The van der Waals surface area contributed by atoms with Crippen LogP contribution < -0.4 is 4.74 Å². The van der Waals surface area contributed by atoms with Crippen LogP contribution in [0.1, 0.15) is 58.4 Å². The molecule has 5 rings (SSSR count). The van der Waals surface area contributed by atoms with E-state index >= 15 is 0 Å². The highest BCUT2D eigenvalue weighted by Gasteiger charge is 2.60. The molecule has 1 aliphatic heterocycles. The van der Waals surface area contributed by atoms with Crippen LogP contribution in [-0.4, -0.2) is 35.2 Å². The van der Waals surface area contributed by atoms with Gasteiger partial charge in [0.05, 0.1) is 5.92 Å². The lowest BCUT2D eigenvalue weighted by molar-refractivity contribution is -0.143. The number of rotatable bonds is 5. The Hall–Kier alpha value is -2.07. The summed E-state index contributed by atoms with van der Waals surface area (Å²) in [6, 6.07) is 13.2. The number of benzene rings is 2. The largest absolute Gasteiger partial charge is 0.489 e. The van der Waals surface area contributed by atoms with Gasteiger partial charge < -0.3 is 9.84 Å². The number of fused-ring (bicyclic) bond motifs is 3. The number of carbonyl (C=O) groups is 1. The fourth-order valence-corrected chi connectivity index (χ4v) is 6.73. The van der Waals surface area contributed by atoms with Crippen LogP contribution in [0.25, 0.3) is 10.8 Å². The Morgan fingerprint density at radius 2 is 1.77 bits per heavy atom. The van der Waals surface area contributed by atoms with Gasteiger partial charge in [-0.25, -0.2) is 0 Å². The Balaban J connectivity index is 1.28. The second-order valence-corrected chi connectivity index (χ2v) is 11.1.